The Balaban J connectivity index is 1.16. The molecule has 0 spiro atoms. The van der Waals surface area contributed by atoms with Crippen molar-refractivity contribution in [3.8, 4) is 0 Å². The number of aryl methyl sites for hydroxylation is 1. The first kappa shape index (κ1) is 28.2. The molecule has 1 aliphatic rings. The van der Waals surface area contributed by atoms with Crippen LogP contribution in [-0.2, 0) is 16.0 Å². The van der Waals surface area contributed by atoms with Gasteiger partial charge in [0, 0.05) is 51.4 Å². The molecule has 11 heteroatoms. The number of anilines is 3. The summed E-state index contributed by atoms with van der Waals surface area (Å²) in [6.45, 7) is 9.02. The molecule has 0 radical (unpaired) electrons. The predicted molar refractivity (Wildman–Crippen MR) is 152 cm³/mol. The lowest BCUT2D eigenvalue weighted by molar-refractivity contribution is 0.0519. The molecule has 1 saturated heterocycles. The average molecular weight is 535 g/mol. The Kier molecular flexibility index (Phi) is 11.3. The molecule has 0 bridgehead atoms. The first-order valence-electron chi connectivity index (χ1n) is 13.4. The molecule has 39 heavy (non-hydrogen) atoms. The highest BCUT2D eigenvalue weighted by molar-refractivity contribution is 5.94. The third kappa shape index (κ3) is 9.78. The van der Waals surface area contributed by atoms with Gasteiger partial charge in [-0.2, -0.15) is 15.0 Å². The van der Waals surface area contributed by atoms with Gasteiger partial charge in [0.15, 0.2) is 0 Å². The first-order valence-corrected chi connectivity index (χ1v) is 13.4. The first-order chi connectivity index (χ1) is 19.2. The monoisotopic (exact) mass is 534 g/mol. The van der Waals surface area contributed by atoms with E-state index in [2.05, 4.69) is 72.3 Å². The molecule has 0 atom stereocenters. The minimum absolute atomic E-state index is 0.103. The molecule has 2 heterocycles. The fourth-order valence-electron chi connectivity index (χ4n) is 3.90. The Morgan fingerprint density at radius 3 is 2.23 bits per heavy atom. The zero-order valence-corrected chi connectivity index (χ0v) is 22.5. The van der Waals surface area contributed by atoms with E-state index in [0.717, 1.165) is 31.7 Å². The minimum Gasteiger partial charge on any atom is -0.377 e. The van der Waals surface area contributed by atoms with E-state index >= 15 is 0 Å². The summed E-state index contributed by atoms with van der Waals surface area (Å²) in [4.78, 5) is 28.0. The van der Waals surface area contributed by atoms with Crippen molar-refractivity contribution in [2.45, 2.75) is 13.5 Å². The number of benzene rings is 2. The van der Waals surface area contributed by atoms with Crippen molar-refractivity contribution in [2.75, 3.05) is 81.2 Å². The fraction of sp³-hybridized carbons (Fsp3) is 0.429. The third-order valence-electron chi connectivity index (χ3n) is 6.06. The molecule has 4 N–H and O–H groups in total. The molecular weight excluding hydrogens is 496 g/mol. The van der Waals surface area contributed by atoms with Crippen LogP contribution in [0, 0.1) is 6.92 Å². The standard InChI is InChI=1S/C28H38N8O3/c1-22-7-9-23(10-8-22)21-32-27-33-26(34-28(35-27)36-15-11-29-12-16-36)31-14-18-39-20-19-38-17-13-30-25(37)24-5-3-2-4-6-24/h2-10,29H,11-21H2,1H3,(H,30,37)(H2,31,32,33,34,35). The molecule has 1 amide bonds. The summed E-state index contributed by atoms with van der Waals surface area (Å²) in [5.74, 6) is 1.61. The number of piperazine rings is 1. The van der Waals surface area contributed by atoms with Crippen LogP contribution in [0.4, 0.5) is 17.8 Å². The second-order valence-electron chi connectivity index (χ2n) is 9.13. The van der Waals surface area contributed by atoms with Crippen molar-refractivity contribution in [1.82, 2.24) is 25.6 Å². The van der Waals surface area contributed by atoms with Crippen molar-refractivity contribution < 1.29 is 14.3 Å². The number of amides is 1. The Morgan fingerprint density at radius 1 is 0.846 bits per heavy atom. The Labute approximate surface area is 229 Å². The Morgan fingerprint density at radius 2 is 1.51 bits per heavy atom. The zero-order valence-electron chi connectivity index (χ0n) is 22.5. The van der Waals surface area contributed by atoms with Crippen LogP contribution < -0.4 is 26.2 Å². The van der Waals surface area contributed by atoms with Crippen molar-refractivity contribution in [2.24, 2.45) is 0 Å². The summed E-state index contributed by atoms with van der Waals surface area (Å²) >= 11 is 0. The van der Waals surface area contributed by atoms with Gasteiger partial charge >= 0.3 is 0 Å². The van der Waals surface area contributed by atoms with Crippen LogP contribution in [0.15, 0.2) is 54.6 Å². The van der Waals surface area contributed by atoms with E-state index in [1.165, 1.54) is 5.56 Å². The van der Waals surface area contributed by atoms with Crippen LogP contribution in [0.2, 0.25) is 0 Å². The van der Waals surface area contributed by atoms with Crippen LogP contribution in [0.25, 0.3) is 0 Å². The second kappa shape index (κ2) is 15.6. The highest BCUT2D eigenvalue weighted by Gasteiger charge is 2.16. The quantitative estimate of drug-likeness (QED) is 0.215. The van der Waals surface area contributed by atoms with Crippen LogP contribution in [0.3, 0.4) is 0 Å². The summed E-state index contributed by atoms with van der Waals surface area (Å²) in [5, 5.41) is 12.8. The summed E-state index contributed by atoms with van der Waals surface area (Å²) in [6, 6.07) is 17.5. The van der Waals surface area contributed by atoms with Gasteiger partial charge in [-0.3, -0.25) is 4.79 Å². The predicted octanol–water partition coefficient (Wildman–Crippen LogP) is 2.08. The molecule has 0 unspecified atom stereocenters. The van der Waals surface area contributed by atoms with Gasteiger partial charge in [-0.15, -0.1) is 0 Å². The number of nitrogens with zero attached hydrogens (tertiary/aromatic N) is 4. The molecule has 1 aromatic heterocycles. The van der Waals surface area contributed by atoms with Gasteiger partial charge in [-0.05, 0) is 24.6 Å². The smallest absolute Gasteiger partial charge is 0.251 e. The molecule has 1 fully saturated rings. The van der Waals surface area contributed by atoms with E-state index in [1.807, 2.05) is 18.2 Å². The topological polar surface area (TPSA) is 126 Å². The largest absolute Gasteiger partial charge is 0.377 e. The maximum absolute atomic E-state index is 12.0. The average Bonchev–Trinajstić information content (AvgIpc) is 2.98. The molecule has 4 rings (SSSR count). The number of ether oxygens (including phenoxy) is 2. The van der Waals surface area contributed by atoms with E-state index < -0.39 is 0 Å². The van der Waals surface area contributed by atoms with Crippen molar-refractivity contribution in [3.63, 3.8) is 0 Å². The van der Waals surface area contributed by atoms with E-state index in [9.17, 15) is 4.79 Å². The molecule has 0 aliphatic carbocycles. The SMILES string of the molecule is Cc1ccc(CNc2nc(NCCOCCOCCNC(=O)c3ccccc3)nc(N3CCNCC3)n2)cc1. The van der Waals surface area contributed by atoms with Gasteiger partial charge < -0.3 is 35.6 Å². The lowest BCUT2D eigenvalue weighted by Gasteiger charge is -2.27. The Hall–Kier alpha value is -3.80. The van der Waals surface area contributed by atoms with Crippen molar-refractivity contribution >= 4 is 23.8 Å². The summed E-state index contributed by atoms with van der Waals surface area (Å²) in [6.07, 6.45) is 0. The molecule has 11 nitrogen and oxygen atoms in total. The van der Waals surface area contributed by atoms with Gasteiger partial charge in [0.05, 0.1) is 26.4 Å². The molecule has 2 aromatic carbocycles. The number of carbonyl (C=O) groups is 1. The number of nitrogens with one attached hydrogen (secondary N) is 4. The van der Waals surface area contributed by atoms with Crippen LogP contribution >= 0.6 is 0 Å². The van der Waals surface area contributed by atoms with Crippen LogP contribution in [0.5, 0.6) is 0 Å². The molecule has 3 aromatic rings. The van der Waals surface area contributed by atoms with Gasteiger partial charge in [0.25, 0.3) is 5.91 Å². The number of carbonyl (C=O) groups excluding carboxylic acids is 1. The van der Waals surface area contributed by atoms with E-state index in [4.69, 9.17) is 9.47 Å². The fourth-order valence-corrected chi connectivity index (χ4v) is 3.90. The summed E-state index contributed by atoms with van der Waals surface area (Å²) in [7, 11) is 0. The summed E-state index contributed by atoms with van der Waals surface area (Å²) < 4.78 is 11.2. The Bertz CT molecular complexity index is 1140. The van der Waals surface area contributed by atoms with Gasteiger partial charge in [0.2, 0.25) is 17.8 Å². The molecule has 1 aliphatic heterocycles. The van der Waals surface area contributed by atoms with Gasteiger partial charge in [-0.1, -0.05) is 48.0 Å². The van der Waals surface area contributed by atoms with Gasteiger partial charge in [-0.25, -0.2) is 0 Å². The maximum Gasteiger partial charge on any atom is 0.251 e. The van der Waals surface area contributed by atoms with E-state index in [-0.39, 0.29) is 5.91 Å². The van der Waals surface area contributed by atoms with Crippen LogP contribution in [-0.4, -0.2) is 86.6 Å². The molecule has 0 saturated carbocycles. The normalized spacial score (nSPS) is 13.2. The number of hydrogen-bond donors (Lipinski definition) is 4. The van der Waals surface area contributed by atoms with E-state index in [0.29, 0.717) is 69.5 Å². The zero-order chi connectivity index (χ0) is 27.1. The molecular formula is C28H38N8O3. The minimum atomic E-state index is -0.103. The van der Waals surface area contributed by atoms with Gasteiger partial charge in [0.1, 0.15) is 0 Å². The van der Waals surface area contributed by atoms with Crippen LogP contribution in [0.1, 0.15) is 21.5 Å². The third-order valence-corrected chi connectivity index (χ3v) is 6.06. The van der Waals surface area contributed by atoms with Crippen molar-refractivity contribution in [1.29, 1.82) is 0 Å². The highest BCUT2D eigenvalue weighted by atomic mass is 16.5. The lowest BCUT2D eigenvalue weighted by Crippen LogP contribution is -2.44. The number of aromatic nitrogens is 3. The molecule has 208 valence electrons. The lowest BCUT2D eigenvalue weighted by atomic mass is 10.1. The number of hydrogen-bond acceptors (Lipinski definition) is 10. The number of rotatable bonds is 15. The maximum atomic E-state index is 12.0. The second-order valence-corrected chi connectivity index (χ2v) is 9.13. The highest BCUT2D eigenvalue weighted by Crippen LogP contribution is 2.15. The van der Waals surface area contributed by atoms with E-state index in [1.54, 1.807) is 12.1 Å². The van der Waals surface area contributed by atoms with Crippen molar-refractivity contribution in [3.05, 3.63) is 71.3 Å². The summed E-state index contributed by atoms with van der Waals surface area (Å²) in [5.41, 5.74) is 3.03.